The SMILES string of the molecule is CCC(CC)NC(=O)C(C)S(=O)CC(C)CN. The molecule has 17 heavy (non-hydrogen) atoms. The highest BCUT2D eigenvalue weighted by molar-refractivity contribution is 7.86. The Morgan fingerprint density at radius 1 is 1.29 bits per heavy atom. The Morgan fingerprint density at radius 3 is 2.24 bits per heavy atom. The highest BCUT2D eigenvalue weighted by atomic mass is 32.2. The molecule has 0 aromatic rings. The van der Waals surface area contributed by atoms with Crippen LogP contribution in [0.3, 0.4) is 0 Å². The van der Waals surface area contributed by atoms with E-state index in [0.717, 1.165) is 12.8 Å². The summed E-state index contributed by atoms with van der Waals surface area (Å²) < 4.78 is 11.9. The molecule has 0 aromatic heterocycles. The Balaban J connectivity index is 4.24. The zero-order chi connectivity index (χ0) is 13.4. The molecule has 0 aliphatic carbocycles. The molecule has 1 amide bonds. The van der Waals surface area contributed by atoms with Gasteiger partial charge < -0.3 is 11.1 Å². The number of hydrogen-bond acceptors (Lipinski definition) is 3. The number of carbonyl (C=O) groups excluding carboxylic acids is 1. The second-order valence-corrected chi connectivity index (χ2v) is 6.35. The molecule has 102 valence electrons. The zero-order valence-corrected chi connectivity index (χ0v) is 12.2. The van der Waals surface area contributed by atoms with Crippen molar-refractivity contribution in [2.45, 2.75) is 51.8 Å². The normalized spacial score (nSPS) is 16.6. The third-order valence-corrected chi connectivity index (χ3v) is 4.85. The summed E-state index contributed by atoms with van der Waals surface area (Å²) in [7, 11) is -1.14. The molecule has 5 heteroatoms. The van der Waals surface area contributed by atoms with E-state index in [4.69, 9.17) is 5.73 Å². The molecule has 0 aromatic carbocycles. The number of hydrogen-bond donors (Lipinski definition) is 2. The van der Waals surface area contributed by atoms with E-state index in [1.807, 2.05) is 20.8 Å². The van der Waals surface area contributed by atoms with Gasteiger partial charge in [0.2, 0.25) is 5.91 Å². The van der Waals surface area contributed by atoms with Crippen molar-refractivity contribution in [1.29, 1.82) is 0 Å². The maximum absolute atomic E-state index is 11.9. The Bertz CT molecular complexity index is 255. The first-order valence-corrected chi connectivity index (χ1v) is 7.71. The molecule has 0 bridgehead atoms. The largest absolute Gasteiger partial charge is 0.352 e. The Labute approximate surface area is 107 Å². The molecule has 0 aliphatic heterocycles. The van der Waals surface area contributed by atoms with Crippen LogP contribution in [-0.4, -0.2) is 33.7 Å². The minimum absolute atomic E-state index is 0.110. The van der Waals surface area contributed by atoms with Gasteiger partial charge in [-0.25, -0.2) is 0 Å². The molecule has 0 aliphatic rings. The monoisotopic (exact) mass is 262 g/mol. The molecule has 3 unspecified atom stereocenters. The lowest BCUT2D eigenvalue weighted by Gasteiger charge is -2.19. The van der Waals surface area contributed by atoms with Gasteiger partial charge in [0.05, 0.1) is 0 Å². The molecular formula is C12H26N2O2S. The average Bonchev–Trinajstić information content (AvgIpc) is 2.34. The first kappa shape index (κ1) is 16.6. The van der Waals surface area contributed by atoms with Gasteiger partial charge in [0, 0.05) is 22.6 Å². The quantitative estimate of drug-likeness (QED) is 0.686. The predicted molar refractivity (Wildman–Crippen MR) is 73.2 cm³/mol. The van der Waals surface area contributed by atoms with E-state index in [-0.39, 0.29) is 17.9 Å². The van der Waals surface area contributed by atoms with E-state index in [9.17, 15) is 9.00 Å². The molecule has 0 spiro atoms. The first-order valence-electron chi connectivity index (χ1n) is 6.33. The van der Waals surface area contributed by atoms with Crippen molar-refractivity contribution >= 4 is 16.7 Å². The van der Waals surface area contributed by atoms with Crippen molar-refractivity contribution < 1.29 is 9.00 Å². The van der Waals surface area contributed by atoms with Crippen LogP contribution in [0.25, 0.3) is 0 Å². The molecule has 0 fully saturated rings. The molecular weight excluding hydrogens is 236 g/mol. The second kappa shape index (κ2) is 8.64. The number of nitrogens with two attached hydrogens (primary N) is 1. The Morgan fingerprint density at radius 2 is 1.82 bits per heavy atom. The summed E-state index contributed by atoms with van der Waals surface area (Å²) in [6, 6.07) is 0.189. The fourth-order valence-corrected chi connectivity index (χ4v) is 2.72. The summed E-state index contributed by atoms with van der Waals surface area (Å²) in [6.07, 6.45) is 1.81. The highest BCUT2D eigenvalue weighted by Crippen LogP contribution is 2.05. The molecule has 0 rings (SSSR count). The first-order chi connectivity index (χ1) is 7.96. The molecule has 0 saturated heterocycles. The third-order valence-electron chi connectivity index (χ3n) is 2.95. The van der Waals surface area contributed by atoms with E-state index >= 15 is 0 Å². The number of nitrogens with one attached hydrogen (secondary N) is 1. The van der Waals surface area contributed by atoms with Crippen LogP contribution in [0.1, 0.15) is 40.5 Å². The predicted octanol–water partition coefficient (Wildman–Crippen LogP) is 1.02. The molecule has 3 N–H and O–H groups in total. The van der Waals surface area contributed by atoms with E-state index < -0.39 is 16.0 Å². The van der Waals surface area contributed by atoms with E-state index in [1.54, 1.807) is 6.92 Å². The summed E-state index contributed by atoms with van der Waals surface area (Å²) in [5, 5.41) is 2.47. The van der Waals surface area contributed by atoms with Crippen molar-refractivity contribution in [1.82, 2.24) is 5.32 Å². The van der Waals surface area contributed by atoms with Gasteiger partial charge in [0.25, 0.3) is 0 Å². The van der Waals surface area contributed by atoms with E-state index in [0.29, 0.717) is 12.3 Å². The standard InChI is InChI=1S/C12H26N2O2S/c1-5-11(6-2)14-12(15)10(4)17(16)8-9(3)7-13/h9-11H,5-8,13H2,1-4H3,(H,14,15). The van der Waals surface area contributed by atoms with Crippen LogP contribution < -0.4 is 11.1 Å². The van der Waals surface area contributed by atoms with E-state index in [2.05, 4.69) is 5.32 Å². The number of carbonyl (C=O) groups is 1. The fraction of sp³-hybridized carbons (Fsp3) is 0.917. The summed E-state index contributed by atoms with van der Waals surface area (Å²) >= 11 is 0. The lowest BCUT2D eigenvalue weighted by Crippen LogP contribution is -2.42. The summed E-state index contributed by atoms with van der Waals surface area (Å²) in [5.74, 6) is 0.578. The minimum Gasteiger partial charge on any atom is -0.352 e. The second-order valence-electron chi connectivity index (χ2n) is 4.55. The van der Waals surface area contributed by atoms with Crippen LogP contribution in [0.15, 0.2) is 0 Å². The Kier molecular flexibility index (Phi) is 8.43. The van der Waals surface area contributed by atoms with Crippen LogP contribution in [0, 0.1) is 5.92 Å². The Hall–Kier alpha value is -0.420. The van der Waals surface area contributed by atoms with Gasteiger partial charge in [-0.2, -0.15) is 0 Å². The van der Waals surface area contributed by atoms with E-state index in [1.165, 1.54) is 0 Å². The zero-order valence-electron chi connectivity index (χ0n) is 11.4. The van der Waals surface area contributed by atoms with Crippen LogP contribution in [0.2, 0.25) is 0 Å². The highest BCUT2D eigenvalue weighted by Gasteiger charge is 2.22. The molecule has 0 radical (unpaired) electrons. The van der Waals surface area contributed by atoms with Crippen molar-refractivity contribution in [3.05, 3.63) is 0 Å². The number of rotatable bonds is 8. The number of amides is 1. The minimum atomic E-state index is -1.14. The lowest BCUT2D eigenvalue weighted by atomic mass is 10.2. The summed E-state index contributed by atoms with van der Waals surface area (Å²) in [6.45, 7) is 8.24. The van der Waals surface area contributed by atoms with Gasteiger partial charge in [-0.05, 0) is 32.2 Å². The molecule has 4 nitrogen and oxygen atoms in total. The van der Waals surface area contributed by atoms with Gasteiger partial charge >= 0.3 is 0 Å². The van der Waals surface area contributed by atoms with Gasteiger partial charge in [0.15, 0.2) is 0 Å². The molecule has 0 heterocycles. The van der Waals surface area contributed by atoms with Gasteiger partial charge in [0.1, 0.15) is 5.25 Å². The van der Waals surface area contributed by atoms with Crippen LogP contribution in [-0.2, 0) is 15.6 Å². The van der Waals surface area contributed by atoms with Gasteiger partial charge in [-0.1, -0.05) is 20.8 Å². The van der Waals surface area contributed by atoms with Crippen LogP contribution in [0.4, 0.5) is 0 Å². The molecule has 0 saturated carbocycles. The average molecular weight is 262 g/mol. The van der Waals surface area contributed by atoms with Gasteiger partial charge in [-0.15, -0.1) is 0 Å². The van der Waals surface area contributed by atoms with Crippen molar-refractivity contribution in [2.75, 3.05) is 12.3 Å². The smallest absolute Gasteiger partial charge is 0.235 e. The van der Waals surface area contributed by atoms with Gasteiger partial charge in [-0.3, -0.25) is 9.00 Å². The summed E-state index contributed by atoms with van der Waals surface area (Å²) in [5.41, 5.74) is 5.49. The third kappa shape index (κ3) is 6.17. The van der Waals surface area contributed by atoms with Crippen LogP contribution >= 0.6 is 0 Å². The van der Waals surface area contributed by atoms with Crippen LogP contribution in [0.5, 0.6) is 0 Å². The molecule has 3 atom stereocenters. The summed E-state index contributed by atoms with van der Waals surface area (Å²) in [4.78, 5) is 11.8. The maximum atomic E-state index is 11.9. The van der Waals surface area contributed by atoms with Crippen molar-refractivity contribution in [3.63, 3.8) is 0 Å². The van der Waals surface area contributed by atoms with Crippen molar-refractivity contribution in [2.24, 2.45) is 11.7 Å². The maximum Gasteiger partial charge on any atom is 0.235 e. The fourth-order valence-electron chi connectivity index (χ4n) is 1.42. The van der Waals surface area contributed by atoms with Crippen molar-refractivity contribution in [3.8, 4) is 0 Å². The topological polar surface area (TPSA) is 72.2 Å². The lowest BCUT2D eigenvalue weighted by molar-refractivity contribution is -0.121.